The molecule has 172 valence electrons. The van der Waals surface area contributed by atoms with Crippen LogP contribution in [0.2, 0.25) is 0 Å². The molecule has 0 bridgehead atoms. The number of hydrogen-bond acceptors (Lipinski definition) is 5. The number of ether oxygens (including phenoxy) is 2. The number of carbonyl (C=O) groups excluding carboxylic acids is 2. The van der Waals surface area contributed by atoms with Crippen molar-refractivity contribution in [3.8, 4) is 11.5 Å². The van der Waals surface area contributed by atoms with Crippen LogP contribution < -0.4 is 9.47 Å². The number of aliphatic hydroxyl groups excluding tert-OH is 1. The molecule has 1 amide bonds. The van der Waals surface area contributed by atoms with Crippen LogP contribution in [-0.2, 0) is 22.6 Å². The summed E-state index contributed by atoms with van der Waals surface area (Å²) in [7, 11) is 1.58. The summed E-state index contributed by atoms with van der Waals surface area (Å²) >= 11 is 0. The van der Waals surface area contributed by atoms with Gasteiger partial charge in [0.25, 0.3) is 11.7 Å². The number of likely N-dealkylation sites (tertiary alicyclic amines) is 1. The van der Waals surface area contributed by atoms with Gasteiger partial charge in [-0.25, -0.2) is 0 Å². The van der Waals surface area contributed by atoms with Crippen LogP contribution in [0.3, 0.4) is 0 Å². The monoisotopic (exact) mass is 455 g/mol. The molecule has 3 aromatic rings. The summed E-state index contributed by atoms with van der Waals surface area (Å²) in [5.74, 6) is -0.0717. The van der Waals surface area contributed by atoms with Gasteiger partial charge in [-0.3, -0.25) is 9.59 Å². The Morgan fingerprint density at radius 1 is 1.06 bits per heavy atom. The molecule has 2 atom stereocenters. The molecule has 2 aliphatic heterocycles. The summed E-state index contributed by atoms with van der Waals surface area (Å²) in [5, 5.41) is 11.3. The number of carbonyl (C=O) groups is 2. The Balaban J connectivity index is 1.62. The number of ketones is 1. The lowest BCUT2D eigenvalue weighted by atomic mass is 9.94. The Hall–Kier alpha value is -4.06. The minimum atomic E-state index is -0.727. The zero-order valence-electron chi connectivity index (χ0n) is 19.0. The van der Waals surface area contributed by atoms with Crippen LogP contribution in [-0.4, -0.2) is 34.9 Å². The predicted octanol–water partition coefficient (Wildman–Crippen LogP) is 4.64. The van der Waals surface area contributed by atoms with Crippen LogP contribution in [0.5, 0.6) is 11.5 Å². The first-order chi connectivity index (χ1) is 16.5. The van der Waals surface area contributed by atoms with Crippen molar-refractivity contribution in [2.75, 3.05) is 7.11 Å². The summed E-state index contributed by atoms with van der Waals surface area (Å²) in [6, 6.07) is 21.3. The highest BCUT2D eigenvalue weighted by molar-refractivity contribution is 6.46. The Kier molecular flexibility index (Phi) is 5.57. The quantitative estimate of drug-likeness (QED) is 0.345. The van der Waals surface area contributed by atoms with Crippen LogP contribution in [0.4, 0.5) is 0 Å². The van der Waals surface area contributed by atoms with E-state index in [9.17, 15) is 14.7 Å². The van der Waals surface area contributed by atoms with E-state index in [1.54, 1.807) is 31.4 Å². The first-order valence-corrected chi connectivity index (χ1v) is 11.2. The number of aliphatic hydroxyl groups is 1. The van der Waals surface area contributed by atoms with Gasteiger partial charge in [0.1, 0.15) is 23.4 Å². The number of amides is 1. The van der Waals surface area contributed by atoms with Crippen molar-refractivity contribution in [3.63, 3.8) is 0 Å². The normalized spacial score (nSPS) is 20.8. The van der Waals surface area contributed by atoms with Crippen molar-refractivity contribution in [2.45, 2.75) is 32.0 Å². The molecular formula is C28H25NO5. The number of Topliss-reactive ketones (excluding diaryl/α,β-unsaturated/α-hetero) is 1. The zero-order chi connectivity index (χ0) is 23.8. The summed E-state index contributed by atoms with van der Waals surface area (Å²) in [4.78, 5) is 28.0. The van der Waals surface area contributed by atoms with E-state index in [-0.39, 0.29) is 24.0 Å². The molecule has 0 aromatic heterocycles. The van der Waals surface area contributed by atoms with Crippen molar-refractivity contribution >= 4 is 17.4 Å². The second-order valence-electron chi connectivity index (χ2n) is 8.64. The first kappa shape index (κ1) is 21.8. The molecule has 6 heteroatoms. The van der Waals surface area contributed by atoms with Gasteiger partial charge in [0, 0.05) is 18.5 Å². The SMILES string of the molecule is COc1ccc([C@@H]2C(=C(O)c3ccc4c(c3)C[C@H](C)O4)C(=O)C(=O)N2Cc2ccccc2)cc1. The van der Waals surface area contributed by atoms with Crippen LogP contribution in [0.25, 0.3) is 5.76 Å². The minimum absolute atomic E-state index is 0.0585. The number of hydrogen-bond donors (Lipinski definition) is 1. The number of fused-ring (bicyclic) bond motifs is 1. The van der Waals surface area contributed by atoms with Gasteiger partial charge in [-0.15, -0.1) is 0 Å². The maximum Gasteiger partial charge on any atom is 0.295 e. The second-order valence-corrected chi connectivity index (χ2v) is 8.64. The lowest BCUT2D eigenvalue weighted by Gasteiger charge is -2.25. The van der Waals surface area contributed by atoms with Crippen LogP contribution >= 0.6 is 0 Å². The topological polar surface area (TPSA) is 76.1 Å². The highest BCUT2D eigenvalue weighted by Crippen LogP contribution is 2.41. The molecule has 1 N–H and O–H groups in total. The molecule has 5 rings (SSSR count). The molecule has 0 spiro atoms. The van der Waals surface area contributed by atoms with E-state index in [0.29, 0.717) is 11.3 Å². The van der Waals surface area contributed by atoms with E-state index in [4.69, 9.17) is 9.47 Å². The molecule has 0 radical (unpaired) electrons. The summed E-state index contributed by atoms with van der Waals surface area (Å²) < 4.78 is 11.0. The number of nitrogens with zero attached hydrogens (tertiary/aromatic N) is 1. The van der Waals surface area contributed by atoms with E-state index in [2.05, 4.69) is 0 Å². The third kappa shape index (κ3) is 3.81. The Morgan fingerprint density at radius 3 is 2.50 bits per heavy atom. The predicted molar refractivity (Wildman–Crippen MR) is 128 cm³/mol. The van der Waals surface area contributed by atoms with Crippen molar-refractivity contribution in [3.05, 3.63) is 101 Å². The lowest BCUT2D eigenvalue weighted by Crippen LogP contribution is -2.29. The molecule has 2 heterocycles. The van der Waals surface area contributed by atoms with Crippen molar-refractivity contribution in [1.29, 1.82) is 0 Å². The Bertz CT molecular complexity index is 1280. The molecular weight excluding hydrogens is 430 g/mol. The lowest BCUT2D eigenvalue weighted by molar-refractivity contribution is -0.140. The Morgan fingerprint density at radius 2 is 1.79 bits per heavy atom. The third-order valence-electron chi connectivity index (χ3n) is 6.34. The van der Waals surface area contributed by atoms with E-state index in [0.717, 1.165) is 28.9 Å². The molecule has 34 heavy (non-hydrogen) atoms. The molecule has 6 nitrogen and oxygen atoms in total. The molecule has 0 aliphatic carbocycles. The summed E-state index contributed by atoms with van der Waals surface area (Å²) in [6.07, 6.45) is 0.781. The number of rotatable bonds is 5. The number of benzene rings is 3. The fraction of sp³-hybridized carbons (Fsp3) is 0.214. The summed E-state index contributed by atoms with van der Waals surface area (Å²) in [5.41, 5.74) is 3.16. The van der Waals surface area contributed by atoms with E-state index >= 15 is 0 Å². The smallest absolute Gasteiger partial charge is 0.295 e. The standard InChI is InChI=1S/C28H25NO5/c1-17-14-21-15-20(10-13-23(21)34-17)26(30)24-25(19-8-11-22(33-2)12-9-19)29(28(32)27(24)31)16-18-6-4-3-5-7-18/h3-13,15,17,25,30H,14,16H2,1-2H3/t17-,25+/m0/s1. The van der Waals surface area contributed by atoms with Gasteiger partial charge in [-0.2, -0.15) is 0 Å². The highest BCUT2D eigenvalue weighted by Gasteiger charge is 2.46. The first-order valence-electron chi connectivity index (χ1n) is 11.2. The Labute approximate surface area is 198 Å². The van der Waals surface area contributed by atoms with E-state index in [1.807, 2.05) is 55.5 Å². The van der Waals surface area contributed by atoms with Crippen molar-refractivity contribution < 1.29 is 24.2 Å². The fourth-order valence-corrected chi connectivity index (χ4v) is 4.68. The van der Waals surface area contributed by atoms with E-state index < -0.39 is 17.7 Å². The number of methoxy groups -OCH3 is 1. The average Bonchev–Trinajstić information content (AvgIpc) is 3.35. The summed E-state index contributed by atoms with van der Waals surface area (Å²) in [6.45, 7) is 2.23. The van der Waals surface area contributed by atoms with Crippen LogP contribution in [0, 0.1) is 0 Å². The average molecular weight is 456 g/mol. The highest BCUT2D eigenvalue weighted by atomic mass is 16.5. The van der Waals surface area contributed by atoms with Crippen LogP contribution in [0.1, 0.15) is 35.2 Å². The van der Waals surface area contributed by atoms with Crippen molar-refractivity contribution in [2.24, 2.45) is 0 Å². The van der Waals surface area contributed by atoms with Gasteiger partial charge < -0.3 is 19.5 Å². The molecule has 1 saturated heterocycles. The second kappa shape index (κ2) is 8.71. The fourth-order valence-electron chi connectivity index (χ4n) is 4.68. The third-order valence-corrected chi connectivity index (χ3v) is 6.34. The van der Waals surface area contributed by atoms with Gasteiger partial charge in [0.15, 0.2) is 0 Å². The molecule has 2 aliphatic rings. The van der Waals surface area contributed by atoms with E-state index in [1.165, 1.54) is 4.90 Å². The maximum atomic E-state index is 13.3. The van der Waals surface area contributed by atoms with Gasteiger partial charge >= 0.3 is 0 Å². The van der Waals surface area contributed by atoms with Gasteiger partial charge in [-0.1, -0.05) is 42.5 Å². The van der Waals surface area contributed by atoms with Gasteiger partial charge in [0.05, 0.1) is 18.7 Å². The minimum Gasteiger partial charge on any atom is -0.507 e. The molecule has 0 saturated carbocycles. The molecule has 0 unspecified atom stereocenters. The van der Waals surface area contributed by atoms with Crippen LogP contribution in [0.15, 0.2) is 78.4 Å². The molecule has 1 fully saturated rings. The maximum absolute atomic E-state index is 13.3. The van der Waals surface area contributed by atoms with Gasteiger partial charge in [0.2, 0.25) is 0 Å². The largest absolute Gasteiger partial charge is 0.507 e. The molecule has 3 aromatic carbocycles. The van der Waals surface area contributed by atoms with Crippen molar-refractivity contribution in [1.82, 2.24) is 4.90 Å². The zero-order valence-corrected chi connectivity index (χ0v) is 19.0. The van der Waals surface area contributed by atoms with Gasteiger partial charge in [-0.05, 0) is 53.9 Å².